The first kappa shape index (κ1) is 11.5. The number of fused-ring (bicyclic) bond motifs is 1. The van der Waals surface area contributed by atoms with Crippen LogP contribution in [0.5, 0.6) is 0 Å². The zero-order chi connectivity index (χ0) is 13.0. The first-order valence-corrected chi connectivity index (χ1v) is 7.81. The van der Waals surface area contributed by atoms with Crippen molar-refractivity contribution in [3.63, 3.8) is 0 Å². The third kappa shape index (κ3) is 1.81. The molecule has 1 aliphatic carbocycles. The number of hydrogen-bond acceptors (Lipinski definition) is 5. The van der Waals surface area contributed by atoms with Gasteiger partial charge in [-0.25, -0.2) is 0 Å². The minimum Gasteiger partial charge on any atom is -0.383 e. The number of nitrogens with zero attached hydrogens (tertiary/aromatic N) is 3. The fourth-order valence-electron chi connectivity index (χ4n) is 3.33. The third-order valence-electron chi connectivity index (χ3n) is 4.50. The lowest BCUT2D eigenvalue weighted by molar-refractivity contribution is -0.129. The van der Waals surface area contributed by atoms with E-state index in [1.807, 2.05) is 0 Å². The van der Waals surface area contributed by atoms with E-state index in [0.717, 1.165) is 38.3 Å². The second kappa shape index (κ2) is 4.10. The first-order chi connectivity index (χ1) is 9.24. The Hall–Kier alpha value is -1.30. The summed E-state index contributed by atoms with van der Waals surface area (Å²) in [5, 5.41) is 1.26. The normalized spacial score (nSPS) is 26.9. The van der Waals surface area contributed by atoms with Gasteiger partial charge in [0.2, 0.25) is 5.91 Å². The van der Waals surface area contributed by atoms with Gasteiger partial charge in [-0.3, -0.25) is 4.79 Å². The maximum Gasteiger partial charge on any atom is 0.223 e. The molecule has 1 aromatic heterocycles. The molecule has 4 rings (SSSR count). The maximum absolute atomic E-state index is 11.7. The first-order valence-electron chi connectivity index (χ1n) is 7.03. The average Bonchev–Trinajstić information content (AvgIpc) is 3.09. The van der Waals surface area contributed by atoms with Gasteiger partial charge < -0.3 is 15.5 Å². The van der Waals surface area contributed by atoms with Crippen LogP contribution in [0.15, 0.2) is 0 Å². The van der Waals surface area contributed by atoms with Gasteiger partial charge in [0.15, 0.2) is 0 Å². The van der Waals surface area contributed by atoms with Crippen LogP contribution in [0.2, 0.25) is 0 Å². The van der Waals surface area contributed by atoms with Crippen LogP contribution in [-0.4, -0.2) is 40.9 Å². The predicted molar refractivity (Wildman–Crippen MR) is 75.4 cm³/mol. The van der Waals surface area contributed by atoms with Gasteiger partial charge in [-0.2, -0.15) is 4.37 Å². The van der Waals surface area contributed by atoms with Gasteiger partial charge in [0.1, 0.15) is 10.8 Å². The van der Waals surface area contributed by atoms with E-state index in [4.69, 9.17) is 5.73 Å². The Kier molecular flexibility index (Phi) is 2.48. The van der Waals surface area contributed by atoms with E-state index < -0.39 is 0 Å². The van der Waals surface area contributed by atoms with Crippen LogP contribution < -0.4 is 10.6 Å². The molecule has 1 aromatic rings. The monoisotopic (exact) mass is 278 g/mol. The number of aromatic nitrogens is 1. The minimum absolute atomic E-state index is 0.330. The Morgan fingerprint density at radius 3 is 2.89 bits per heavy atom. The van der Waals surface area contributed by atoms with Gasteiger partial charge in [0, 0.05) is 37.7 Å². The number of carbonyl (C=O) groups excluding carboxylic acids is 1. The zero-order valence-electron chi connectivity index (χ0n) is 10.8. The zero-order valence-corrected chi connectivity index (χ0v) is 11.7. The summed E-state index contributed by atoms with van der Waals surface area (Å²) in [7, 11) is 0. The van der Waals surface area contributed by atoms with Crippen molar-refractivity contribution >= 4 is 28.3 Å². The van der Waals surface area contributed by atoms with Gasteiger partial charge in [-0.05, 0) is 36.7 Å². The molecule has 6 heteroatoms. The second-order valence-corrected chi connectivity index (χ2v) is 6.54. The third-order valence-corrected chi connectivity index (χ3v) is 5.44. The number of hydrogen-bond donors (Lipinski definition) is 1. The predicted octanol–water partition coefficient (Wildman–Crippen LogP) is 1.41. The molecular weight excluding hydrogens is 260 g/mol. The molecule has 5 nitrogen and oxygen atoms in total. The molecule has 2 aliphatic heterocycles. The van der Waals surface area contributed by atoms with Crippen molar-refractivity contribution in [2.45, 2.75) is 37.6 Å². The molecule has 2 saturated heterocycles. The van der Waals surface area contributed by atoms with E-state index in [1.165, 1.54) is 34.9 Å². The van der Waals surface area contributed by atoms with Crippen LogP contribution in [0.25, 0.3) is 0 Å². The fraction of sp³-hybridized carbons (Fsp3) is 0.692. The largest absolute Gasteiger partial charge is 0.383 e. The highest BCUT2D eigenvalue weighted by molar-refractivity contribution is 7.10. The van der Waals surface area contributed by atoms with Crippen LogP contribution in [0.1, 0.15) is 37.2 Å². The number of carbonyl (C=O) groups is 1. The second-order valence-electron chi connectivity index (χ2n) is 5.79. The number of nitrogens with two attached hydrogens (primary N) is 1. The standard InChI is InChI=1S/C13H18N4OS/c14-12-11(8-1-2-8)13(19-15-12)16-5-6-17-9(7-16)3-4-10(17)18/h8-9H,1-7H2,(H2,14,15). The quantitative estimate of drug-likeness (QED) is 0.888. The van der Waals surface area contributed by atoms with E-state index >= 15 is 0 Å². The lowest BCUT2D eigenvalue weighted by atomic mass is 10.1. The van der Waals surface area contributed by atoms with Crippen LogP contribution in [0.3, 0.4) is 0 Å². The Balaban J connectivity index is 1.59. The molecule has 1 atom stereocenters. The summed E-state index contributed by atoms with van der Waals surface area (Å²) in [6.07, 6.45) is 4.22. The van der Waals surface area contributed by atoms with Crippen LogP contribution in [-0.2, 0) is 4.79 Å². The number of piperazine rings is 1. The van der Waals surface area contributed by atoms with Gasteiger partial charge in [-0.15, -0.1) is 0 Å². The molecule has 0 spiro atoms. The summed E-state index contributed by atoms with van der Waals surface area (Å²) < 4.78 is 4.35. The topological polar surface area (TPSA) is 62.5 Å². The van der Waals surface area contributed by atoms with Crippen molar-refractivity contribution < 1.29 is 4.79 Å². The molecule has 1 unspecified atom stereocenters. The van der Waals surface area contributed by atoms with Gasteiger partial charge in [0.05, 0.1) is 0 Å². The summed E-state index contributed by atoms with van der Waals surface area (Å²) in [6, 6.07) is 0.400. The molecule has 2 N–H and O–H groups in total. The number of amides is 1. The molecule has 3 heterocycles. The molecule has 0 radical (unpaired) electrons. The summed E-state index contributed by atoms with van der Waals surface area (Å²) in [6.45, 7) is 2.72. The molecule has 1 saturated carbocycles. The SMILES string of the molecule is Nc1nsc(N2CCN3C(=O)CCC3C2)c1C1CC1. The smallest absolute Gasteiger partial charge is 0.223 e. The van der Waals surface area contributed by atoms with Crippen molar-refractivity contribution in [2.24, 2.45) is 0 Å². The van der Waals surface area contributed by atoms with Gasteiger partial charge in [0.25, 0.3) is 0 Å². The van der Waals surface area contributed by atoms with E-state index in [9.17, 15) is 4.79 Å². The van der Waals surface area contributed by atoms with Crippen molar-refractivity contribution in [2.75, 3.05) is 30.3 Å². The summed E-state index contributed by atoms with van der Waals surface area (Å²) in [4.78, 5) is 16.2. The highest BCUT2D eigenvalue weighted by Gasteiger charge is 2.38. The maximum atomic E-state index is 11.7. The van der Waals surface area contributed by atoms with Crippen LogP contribution in [0, 0.1) is 0 Å². The highest BCUT2D eigenvalue weighted by Crippen LogP contribution is 2.49. The number of nitrogen functional groups attached to an aromatic ring is 1. The van der Waals surface area contributed by atoms with E-state index in [1.54, 1.807) is 0 Å². The summed E-state index contributed by atoms with van der Waals surface area (Å²) in [5.74, 6) is 1.69. The summed E-state index contributed by atoms with van der Waals surface area (Å²) in [5.41, 5.74) is 7.31. The molecule has 19 heavy (non-hydrogen) atoms. The van der Waals surface area contributed by atoms with Gasteiger partial charge >= 0.3 is 0 Å². The van der Waals surface area contributed by atoms with Gasteiger partial charge in [-0.1, -0.05) is 0 Å². The van der Waals surface area contributed by atoms with E-state index in [-0.39, 0.29) is 0 Å². The molecule has 3 fully saturated rings. The molecular formula is C13H18N4OS. The number of anilines is 2. The molecule has 3 aliphatic rings. The Bertz CT molecular complexity index is 525. The van der Waals surface area contributed by atoms with Crippen LogP contribution >= 0.6 is 11.5 Å². The lowest BCUT2D eigenvalue weighted by Gasteiger charge is -2.38. The highest BCUT2D eigenvalue weighted by atomic mass is 32.1. The van der Waals surface area contributed by atoms with E-state index in [0.29, 0.717) is 17.9 Å². The fourth-order valence-corrected chi connectivity index (χ4v) is 4.27. The van der Waals surface area contributed by atoms with E-state index in [2.05, 4.69) is 14.2 Å². The van der Waals surface area contributed by atoms with Crippen molar-refractivity contribution in [1.29, 1.82) is 0 Å². The number of rotatable bonds is 2. The lowest BCUT2D eigenvalue weighted by Crippen LogP contribution is -2.51. The molecule has 1 amide bonds. The summed E-state index contributed by atoms with van der Waals surface area (Å²) >= 11 is 1.53. The molecule has 0 bridgehead atoms. The Morgan fingerprint density at radius 1 is 1.26 bits per heavy atom. The molecule has 0 aromatic carbocycles. The average molecular weight is 278 g/mol. The Morgan fingerprint density at radius 2 is 2.11 bits per heavy atom. The van der Waals surface area contributed by atoms with Crippen LogP contribution in [0.4, 0.5) is 10.8 Å². The van der Waals surface area contributed by atoms with Crippen molar-refractivity contribution in [1.82, 2.24) is 9.27 Å². The Labute approximate surface area is 116 Å². The van der Waals surface area contributed by atoms with Crippen molar-refractivity contribution in [3.8, 4) is 0 Å². The minimum atomic E-state index is 0.330. The molecule has 102 valence electrons. The van der Waals surface area contributed by atoms with Crippen molar-refractivity contribution in [3.05, 3.63) is 5.56 Å².